The van der Waals surface area contributed by atoms with Gasteiger partial charge in [0.05, 0.1) is 16.3 Å². The molecule has 0 saturated carbocycles. The molecule has 0 aliphatic heterocycles. The Morgan fingerprint density at radius 1 is 1.23 bits per heavy atom. The lowest BCUT2D eigenvalue weighted by atomic mass is 10.2. The van der Waals surface area contributed by atoms with Crippen LogP contribution in [0.5, 0.6) is 0 Å². The van der Waals surface area contributed by atoms with Crippen LogP contribution in [0, 0.1) is 24.0 Å². The largest absolute Gasteiger partial charge is 0.320 e. The van der Waals surface area contributed by atoms with Gasteiger partial charge in [-0.3, -0.25) is 14.9 Å². The Hall–Kier alpha value is -3.07. The van der Waals surface area contributed by atoms with Crippen molar-refractivity contribution in [1.29, 1.82) is 0 Å². The number of hydrogen-bond donors (Lipinski definition) is 1. The molecule has 0 atom stereocenters. The molecule has 1 aromatic heterocycles. The van der Waals surface area contributed by atoms with E-state index in [9.17, 15) is 14.9 Å². The second-order valence-corrected chi connectivity index (χ2v) is 6.48. The highest BCUT2D eigenvalue weighted by atomic mass is 79.9. The Morgan fingerprint density at radius 3 is 2.69 bits per heavy atom. The fourth-order valence-corrected chi connectivity index (χ4v) is 2.76. The number of nitro groups is 1. The Labute approximate surface area is 157 Å². The Balaban J connectivity index is 1.88. The number of hydrogen-bond acceptors (Lipinski definition) is 5. The SMILES string of the molecule is Cc1ccc(NC(=O)c2nnn(-c3cccc([N+](=O)[O-])c3)c2C)cc1Br. The number of nitrogens with one attached hydrogen (secondary N) is 1. The third kappa shape index (κ3) is 3.47. The van der Waals surface area contributed by atoms with Crippen LogP contribution in [0.3, 0.4) is 0 Å². The zero-order chi connectivity index (χ0) is 18.8. The third-order valence-corrected chi connectivity index (χ3v) is 4.68. The number of nitro benzene ring substituents is 1. The number of aromatic nitrogens is 3. The van der Waals surface area contributed by atoms with Crippen molar-refractivity contribution in [1.82, 2.24) is 15.0 Å². The van der Waals surface area contributed by atoms with E-state index in [0.717, 1.165) is 10.0 Å². The fraction of sp³-hybridized carbons (Fsp3) is 0.118. The van der Waals surface area contributed by atoms with E-state index in [1.54, 1.807) is 31.2 Å². The highest BCUT2D eigenvalue weighted by Crippen LogP contribution is 2.22. The molecule has 0 aliphatic carbocycles. The first-order chi connectivity index (χ1) is 12.4. The number of benzene rings is 2. The molecule has 8 nitrogen and oxygen atoms in total. The van der Waals surface area contributed by atoms with Crippen molar-refractivity contribution in [3.8, 4) is 5.69 Å². The smallest absolute Gasteiger partial charge is 0.278 e. The minimum Gasteiger partial charge on any atom is -0.320 e. The zero-order valence-corrected chi connectivity index (χ0v) is 15.5. The van der Waals surface area contributed by atoms with Gasteiger partial charge in [-0.25, -0.2) is 4.68 Å². The fourth-order valence-electron chi connectivity index (χ4n) is 2.38. The van der Waals surface area contributed by atoms with Gasteiger partial charge in [-0.1, -0.05) is 33.3 Å². The lowest BCUT2D eigenvalue weighted by Crippen LogP contribution is -2.14. The van der Waals surface area contributed by atoms with Crippen molar-refractivity contribution < 1.29 is 9.72 Å². The second-order valence-electron chi connectivity index (χ2n) is 5.63. The van der Waals surface area contributed by atoms with Gasteiger partial charge >= 0.3 is 0 Å². The third-order valence-electron chi connectivity index (χ3n) is 3.82. The molecular formula is C17H14BrN5O3. The number of carbonyl (C=O) groups is 1. The molecule has 0 saturated heterocycles. The van der Waals surface area contributed by atoms with Gasteiger partial charge in [-0.05, 0) is 37.6 Å². The van der Waals surface area contributed by atoms with Crippen molar-refractivity contribution in [3.63, 3.8) is 0 Å². The van der Waals surface area contributed by atoms with Crippen molar-refractivity contribution in [2.75, 3.05) is 5.32 Å². The second kappa shape index (κ2) is 7.04. The van der Waals surface area contributed by atoms with Gasteiger partial charge < -0.3 is 5.32 Å². The first-order valence-corrected chi connectivity index (χ1v) is 8.41. The molecule has 3 aromatic rings. The maximum Gasteiger partial charge on any atom is 0.278 e. The molecule has 26 heavy (non-hydrogen) atoms. The Kier molecular flexibility index (Phi) is 4.81. The molecule has 0 spiro atoms. The van der Waals surface area contributed by atoms with Gasteiger partial charge in [0.2, 0.25) is 0 Å². The van der Waals surface area contributed by atoms with E-state index < -0.39 is 10.8 Å². The van der Waals surface area contributed by atoms with Crippen molar-refractivity contribution in [2.45, 2.75) is 13.8 Å². The van der Waals surface area contributed by atoms with Gasteiger partial charge in [0.1, 0.15) is 0 Å². The van der Waals surface area contributed by atoms with Crippen LogP contribution in [0.1, 0.15) is 21.7 Å². The van der Waals surface area contributed by atoms with Crippen LogP contribution in [0.2, 0.25) is 0 Å². The first kappa shape index (κ1) is 17.7. The lowest BCUT2D eigenvalue weighted by molar-refractivity contribution is -0.384. The number of carbonyl (C=O) groups excluding carboxylic acids is 1. The summed E-state index contributed by atoms with van der Waals surface area (Å²) in [6, 6.07) is 11.4. The summed E-state index contributed by atoms with van der Waals surface area (Å²) in [6.45, 7) is 3.63. The molecule has 0 unspecified atom stereocenters. The van der Waals surface area contributed by atoms with Crippen LogP contribution >= 0.6 is 15.9 Å². The number of halogens is 1. The number of anilines is 1. The van der Waals surface area contributed by atoms with E-state index in [-0.39, 0.29) is 11.4 Å². The van der Waals surface area contributed by atoms with Crippen molar-refractivity contribution in [3.05, 3.63) is 74.0 Å². The van der Waals surface area contributed by atoms with E-state index >= 15 is 0 Å². The van der Waals surface area contributed by atoms with Crippen LogP contribution < -0.4 is 5.32 Å². The van der Waals surface area contributed by atoms with Crippen LogP contribution in [-0.4, -0.2) is 25.8 Å². The number of aryl methyl sites for hydroxylation is 1. The predicted molar refractivity (Wildman–Crippen MR) is 99.6 cm³/mol. The molecule has 0 fully saturated rings. The predicted octanol–water partition coefficient (Wildman–Crippen LogP) is 3.81. The topological polar surface area (TPSA) is 103 Å². The number of amides is 1. The summed E-state index contributed by atoms with van der Waals surface area (Å²) in [4.78, 5) is 22.9. The summed E-state index contributed by atoms with van der Waals surface area (Å²) >= 11 is 3.42. The van der Waals surface area contributed by atoms with Crippen LogP contribution in [0.4, 0.5) is 11.4 Å². The molecule has 0 radical (unpaired) electrons. The van der Waals surface area contributed by atoms with E-state index in [2.05, 4.69) is 31.6 Å². The van der Waals surface area contributed by atoms with Gasteiger partial charge in [-0.2, -0.15) is 0 Å². The van der Waals surface area contributed by atoms with E-state index in [1.165, 1.54) is 16.8 Å². The monoisotopic (exact) mass is 415 g/mol. The Bertz CT molecular complexity index is 1020. The average Bonchev–Trinajstić information content (AvgIpc) is 3.00. The van der Waals surface area contributed by atoms with E-state index in [0.29, 0.717) is 17.1 Å². The van der Waals surface area contributed by atoms with Gasteiger partial charge in [0.25, 0.3) is 11.6 Å². The summed E-state index contributed by atoms with van der Waals surface area (Å²) < 4.78 is 2.28. The zero-order valence-electron chi connectivity index (χ0n) is 13.9. The molecule has 2 aromatic carbocycles. The lowest BCUT2D eigenvalue weighted by Gasteiger charge is -2.06. The first-order valence-electron chi connectivity index (χ1n) is 7.61. The minimum absolute atomic E-state index is 0.0621. The molecule has 0 bridgehead atoms. The van der Waals surface area contributed by atoms with Crippen molar-refractivity contribution >= 4 is 33.2 Å². The van der Waals surface area contributed by atoms with E-state index in [4.69, 9.17) is 0 Å². The minimum atomic E-state index is -0.487. The number of rotatable bonds is 4. The Morgan fingerprint density at radius 2 is 2.00 bits per heavy atom. The molecular weight excluding hydrogens is 402 g/mol. The molecule has 1 amide bonds. The molecule has 9 heteroatoms. The summed E-state index contributed by atoms with van der Waals surface area (Å²) in [5, 5.41) is 21.6. The number of non-ortho nitro benzene ring substituents is 1. The maximum atomic E-state index is 12.5. The molecule has 1 heterocycles. The van der Waals surface area contributed by atoms with Gasteiger partial charge in [0, 0.05) is 22.3 Å². The summed E-state index contributed by atoms with van der Waals surface area (Å²) in [5.41, 5.74) is 2.70. The maximum absolute atomic E-state index is 12.5. The van der Waals surface area contributed by atoms with Crippen LogP contribution in [-0.2, 0) is 0 Å². The van der Waals surface area contributed by atoms with Gasteiger partial charge in [0.15, 0.2) is 5.69 Å². The van der Waals surface area contributed by atoms with Crippen LogP contribution in [0.15, 0.2) is 46.9 Å². The van der Waals surface area contributed by atoms with Crippen molar-refractivity contribution in [2.24, 2.45) is 0 Å². The molecule has 3 rings (SSSR count). The molecule has 0 aliphatic rings. The summed E-state index contributed by atoms with van der Waals surface area (Å²) in [7, 11) is 0. The highest BCUT2D eigenvalue weighted by Gasteiger charge is 2.19. The average molecular weight is 416 g/mol. The molecule has 132 valence electrons. The van der Waals surface area contributed by atoms with Crippen LogP contribution in [0.25, 0.3) is 5.69 Å². The number of nitrogens with zero attached hydrogens (tertiary/aromatic N) is 4. The normalized spacial score (nSPS) is 10.6. The standard InChI is InChI=1S/C17H14BrN5O3/c1-10-6-7-12(8-15(10)18)19-17(24)16-11(2)22(21-20-16)13-4-3-5-14(9-13)23(25)26/h3-9H,1-2H3,(H,19,24). The highest BCUT2D eigenvalue weighted by molar-refractivity contribution is 9.10. The molecule has 1 N–H and O–H groups in total. The summed E-state index contributed by atoms with van der Waals surface area (Å²) in [5.74, 6) is -0.407. The van der Waals surface area contributed by atoms with Gasteiger partial charge in [-0.15, -0.1) is 5.10 Å². The quantitative estimate of drug-likeness (QED) is 0.515. The van der Waals surface area contributed by atoms with E-state index in [1.807, 2.05) is 13.0 Å². The summed E-state index contributed by atoms with van der Waals surface area (Å²) in [6.07, 6.45) is 0.